The van der Waals surface area contributed by atoms with Gasteiger partial charge in [0.1, 0.15) is 61.3 Å². The van der Waals surface area contributed by atoms with Crippen LogP contribution in [0.3, 0.4) is 0 Å². The third-order valence-corrected chi connectivity index (χ3v) is 15.4. The molecule has 3 aromatic heterocycles. The first kappa shape index (κ1) is 66.0. The maximum Gasteiger partial charge on any atom is 0.163 e. The van der Waals surface area contributed by atoms with Gasteiger partial charge in [-0.2, -0.15) is 0 Å². The van der Waals surface area contributed by atoms with Crippen LogP contribution in [0.4, 0.5) is 43.3 Å². The van der Waals surface area contributed by atoms with Crippen LogP contribution >= 0.6 is 27.5 Å². The van der Waals surface area contributed by atoms with Crippen LogP contribution in [0.15, 0.2) is 121 Å². The lowest BCUT2D eigenvalue weighted by molar-refractivity contribution is 0.0357. The molecule has 11 rings (SSSR count). The molecule has 2 aliphatic rings. The number of nitrogens with one attached hydrogen (secondary N) is 3. The summed E-state index contributed by atoms with van der Waals surface area (Å²) in [5.41, 5.74) is 4.69. The average Bonchev–Trinajstić information content (AvgIpc) is 0.886. The van der Waals surface area contributed by atoms with Gasteiger partial charge in [0.25, 0.3) is 0 Å². The fourth-order valence-corrected chi connectivity index (χ4v) is 10.2. The molecule has 0 radical (unpaired) electrons. The summed E-state index contributed by atoms with van der Waals surface area (Å²) < 4.78 is 78.8. The Balaban J connectivity index is 0.000000160. The zero-order valence-electron chi connectivity index (χ0n) is 50.7. The number of likely N-dealkylation sites (tertiary alicyclic amines) is 1. The largest absolute Gasteiger partial charge is 0.493 e. The van der Waals surface area contributed by atoms with Crippen LogP contribution in [0.2, 0.25) is 5.02 Å². The topological polar surface area (TPSA) is 203 Å². The summed E-state index contributed by atoms with van der Waals surface area (Å²) >= 11 is 9.16. The minimum Gasteiger partial charge on any atom is -0.493 e. The van der Waals surface area contributed by atoms with Gasteiger partial charge in [-0.3, -0.25) is 4.90 Å². The van der Waals surface area contributed by atoms with Crippen molar-refractivity contribution in [2.24, 2.45) is 5.92 Å². The summed E-state index contributed by atoms with van der Waals surface area (Å²) in [7, 11) is 8.60. The Labute approximate surface area is 535 Å². The van der Waals surface area contributed by atoms with Crippen LogP contribution in [0.25, 0.3) is 32.7 Å². The Morgan fingerprint density at radius 1 is 0.589 bits per heavy atom. The second kappa shape index (κ2) is 33.4. The molecule has 0 atom stereocenters. The van der Waals surface area contributed by atoms with Gasteiger partial charge in [0.05, 0.1) is 81.1 Å². The van der Waals surface area contributed by atoms with Crippen molar-refractivity contribution in [2.45, 2.75) is 19.3 Å². The van der Waals surface area contributed by atoms with Crippen molar-refractivity contribution in [2.75, 3.05) is 137 Å². The molecule has 5 heterocycles. The maximum atomic E-state index is 14.3. The van der Waals surface area contributed by atoms with E-state index in [9.17, 15) is 8.78 Å². The number of ether oxygens (including phenoxy) is 9. The first-order valence-corrected chi connectivity index (χ1v) is 30.3. The molecule has 0 spiro atoms. The number of methoxy groups -OCH3 is 4. The summed E-state index contributed by atoms with van der Waals surface area (Å²) in [5, 5.41) is 11.8. The molecule has 20 nitrogen and oxygen atoms in total. The number of terminal acetylenes is 1. The van der Waals surface area contributed by atoms with Gasteiger partial charge in [-0.1, -0.05) is 39.5 Å². The highest BCUT2D eigenvalue weighted by Gasteiger charge is 2.21. The van der Waals surface area contributed by atoms with Gasteiger partial charge in [-0.15, -0.1) is 6.42 Å². The molecule has 2 fully saturated rings. The van der Waals surface area contributed by atoms with E-state index in [1.165, 1.54) is 37.2 Å². The monoisotopic (exact) mass is 1310 g/mol. The van der Waals surface area contributed by atoms with E-state index in [2.05, 4.69) is 84.6 Å². The standard InChI is InChI=1S/C22H24BrFN4O2.C22H24ClFN4O3.C22H23N3O4/c1-28-7-5-14(6-8-28)12-30-21-11-19-16(10-20(21)29-2)22(26-13-25-19)27-18-4-3-15(23)9-17(18)24;1-29-20-13-19-16(12-21(20)31-8-2-5-28-6-9-30-10-7-28)22(26-14-25-19)27-15-3-4-18(24)17(23)11-15;1-4-16-6-5-7-17(12-16)25-22-18-13-20(28-10-8-26-2)21(29-11-9-27-3)14-19(18)23-15-24-22/h3-4,9-11,13-14H,5-8,12H2,1-2H3,(H,25,26,27);3-4,11-14H,2,5-10H2,1H3,(H,25,26,27);1,5-7,12-15H,8-11H2,2-3H3,(H,23,24,25). The first-order valence-electron chi connectivity index (χ1n) is 29.1. The van der Waals surface area contributed by atoms with Crippen molar-refractivity contribution in [1.29, 1.82) is 0 Å². The number of fused-ring (bicyclic) bond motifs is 3. The van der Waals surface area contributed by atoms with Gasteiger partial charge in [-0.05, 0) is 118 Å². The molecule has 6 aromatic carbocycles. The number of nitrogens with zero attached hydrogens (tertiary/aromatic N) is 8. The number of halogens is 4. The number of benzene rings is 6. The maximum absolute atomic E-state index is 14.3. The first-order chi connectivity index (χ1) is 43.9. The van der Waals surface area contributed by atoms with Crippen LogP contribution < -0.4 is 44.4 Å². The third kappa shape index (κ3) is 18.3. The zero-order chi connectivity index (χ0) is 63.2. The molecule has 24 heteroatoms. The Kier molecular flexibility index (Phi) is 24.5. The molecule has 2 saturated heterocycles. The highest BCUT2D eigenvalue weighted by atomic mass is 79.9. The number of hydrogen-bond acceptors (Lipinski definition) is 20. The Morgan fingerprint density at radius 2 is 1.12 bits per heavy atom. The average molecular weight is 1320 g/mol. The van der Waals surface area contributed by atoms with Gasteiger partial charge in [0.2, 0.25) is 0 Å². The summed E-state index contributed by atoms with van der Waals surface area (Å²) in [6.45, 7) is 9.57. The normalized spacial score (nSPS) is 13.5. The molecular weight excluding hydrogens is 1240 g/mol. The molecule has 0 aliphatic carbocycles. The molecule has 3 N–H and O–H groups in total. The number of morpholine rings is 1. The van der Waals surface area contributed by atoms with Crippen molar-refractivity contribution in [1.82, 2.24) is 39.7 Å². The summed E-state index contributed by atoms with van der Waals surface area (Å²) in [4.78, 5) is 30.8. The number of piperidine rings is 1. The van der Waals surface area contributed by atoms with Gasteiger partial charge in [-0.25, -0.2) is 38.7 Å². The zero-order valence-corrected chi connectivity index (χ0v) is 53.0. The fraction of sp³-hybridized carbons (Fsp3) is 0.333. The number of rotatable bonds is 24. The lowest BCUT2D eigenvalue weighted by atomic mass is 9.98. The predicted molar refractivity (Wildman–Crippen MR) is 349 cm³/mol. The third-order valence-electron chi connectivity index (χ3n) is 14.6. The van der Waals surface area contributed by atoms with Crippen LogP contribution in [-0.4, -0.2) is 161 Å². The van der Waals surface area contributed by atoms with Gasteiger partial charge in [0.15, 0.2) is 34.5 Å². The highest BCUT2D eigenvalue weighted by Crippen LogP contribution is 2.39. The molecule has 9 aromatic rings. The Bertz CT molecular complexity index is 3880. The summed E-state index contributed by atoms with van der Waals surface area (Å²) in [5.74, 6) is 7.67. The SMILES string of the molecule is C#Cc1cccc(Nc2ncnc3cc(OCCOC)c(OCCOC)cc23)c1.COc1cc2c(Nc3ccc(Br)cc3F)ncnc2cc1OCC1CCN(C)CC1.COc1cc2ncnc(Nc3ccc(F)c(Cl)c3)c2cc1OCCCN1CCOCC1. The quantitative estimate of drug-likeness (QED) is 0.0380. The van der Waals surface area contributed by atoms with E-state index in [1.807, 2.05) is 60.7 Å². The second-order valence-corrected chi connectivity index (χ2v) is 22.1. The van der Waals surface area contributed by atoms with E-state index in [1.54, 1.807) is 46.6 Å². The van der Waals surface area contributed by atoms with Gasteiger partial charge in [0, 0.05) is 89.6 Å². The molecule has 90 heavy (non-hydrogen) atoms. The molecule has 2 aliphatic heterocycles. The van der Waals surface area contributed by atoms with Crippen molar-refractivity contribution in [3.05, 3.63) is 143 Å². The molecule has 0 amide bonds. The number of anilines is 6. The van der Waals surface area contributed by atoms with Crippen LogP contribution in [-0.2, 0) is 14.2 Å². The lowest BCUT2D eigenvalue weighted by Gasteiger charge is -2.28. The molecular formula is C66H71BrClF2N11O9. The Morgan fingerprint density at radius 3 is 1.70 bits per heavy atom. The summed E-state index contributed by atoms with van der Waals surface area (Å²) in [6, 6.07) is 27.9. The van der Waals surface area contributed by atoms with E-state index in [-0.39, 0.29) is 10.8 Å². The van der Waals surface area contributed by atoms with Gasteiger partial charge >= 0.3 is 0 Å². The van der Waals surface area contributed by atoms with E-state index in [4.69, 9.17) is 60.7 Å². The molecule has 0 saturated carbocycles. The molecule has 0 bridgehead atoms. The predicted octanol–water partition coefficient (Wildman–Crippen LogP) is 12.7. The van der Waals surface area contributed by atoms with E-state index < -0.39 is 5.82 Å². The van der Waals surface area contributed by atoms with E-state index in [0.717, 1.165) is 98.1 Å². The Hall–Kier alpha value is -8.47. The van der Waals surface area contributed by atoms with Crippen LogP contribution in [0, 0.1) is 29.9 Å². The molecule has 0 unspecified atom stereocenters. The second-order valence-electron chi connectivity index (χ2n) is 20.8. The fourth-order valence-electron chi connectivity index (χ4n) is 9.71. The van der Waals surface area contributed by atoms with Crippen molar-refractivity contribution < 1.29 is 51.4 Å². The lowest BCUT2D eigenvalue weighted by Crippen LogP contribution is -2.37. The minimum atomic E-state index is -0.475. The minimum absolute atomic E-state index is 0.0364. The van der Waals surface area contributed by atoms with E-state index >= 15 is 0 Å². The van der Waals surface area contributed by atoms with Crippen molar-refractivity contribution in [3.63, 3.8) is 0 Å². The number of hydrogen-bond donors (Lipinski definition) is 3. The van der Waals surface area contributed by atoms with Crippen molar-refractivity contribution >= 4 is 94.8 Å². The highest BCUT2D eigenvalue weighted by molar-refractivity contribution is 9.10. The summed E-state index contributed by atoms with van der Waals surface area (Å²) in [6.07, 6.45) is 13.1. The smallest absolute Gasteiger partial charge is 0.163 e. The van der Waals surface area contributed by atoms with Crippen molar-refractivity contribution in [3.8, 4) is 46.8 Å². The van der Waals surface area contributed by atoms with Crippen LogP contribution in [0.1, 0.15) is 24.8 Å². The van der Waals surface area contributed by atoms with Gasteiger partial charge < -0.3 is 63.5 Å². The van der Waals surface area contributed by atoms with E-state index in [0.29, 0.717) is 124 Å². The molecule has 472 valence electrons. The number of aromatic nitrogens is 6. The van der Waals surface area contributed by atoms with Crippen LogP contribution in [0.5, 0.6) is 34.5 Å².